The number of ether oxygens (including phenoxy) is 2. The van der Waals surface area contributed by atoms with Crippen LogP contribution in [0.5, 0.6) is 17.2 Å². The molecule has 3 nitrogen and oxygen atoms in total. The van der Waals surface area contributed by atoms with E-state index in [-0.39, 0.29) is 11.9 Å². The number of hydrogen-bond acceptors (Lipinski definition) is 3. The highest BCUT2D eigenvalue weighted by Gasteiger charge is 2.25. The summed E-state index contributed by atoms with van der Waals surface area (Å²) in [5.41, 5.74) is 4.37. The Bertz CT molecular complexity index is 901. The lowest BCUT2D eigenvalue weighted by atomic mass is 9.90. The molecule has 1 heterocycles. The number of rotatable bonds is 4. The van der Waals surface area contributed by atoms with Crippen LogP contribution in [0.15, 0.2) is 66.7 Å². The Balaban J connectivity index is 1.65. The van der Waals surface area contributed by atoms with Crippen LogP contribution < -0.4 is 9.47 Å². The lowest BCUT2D eigenvalue weighted by Gasteiger charge is -2.29. The maximum absolute atomic E-state index is 10.2. The summed E-state index contributed by atoms with van der Waals surface area (Å²) in [4.78, 5) is 0. The van der Waals surface area contributed by atoms with Crippen LogP contribution in [-0.4, -0.2) is 12.2 Å². The Kier molecular flexibility index (Phi) is 4.06. The molecule has 0 amide bonds. The van der Waals surface area contributed by atoms with E-state index in [1.165, 1.54) is 11.1 Å². The van der Waals surface area contributed by atoms with Crippen molar-refractivity contribution in [3.63, 3.8) is 0 Å². The summed E-state index contributed by atoms with van der Waals surface area (Å²) < 4.78 is 11.7. The molecule has 0 bridgehead atoms. The normalized spacial score (nSPS) is 15.0. The zero-order valence-corrected chi connectivity index (χ0v) is 14.1. The first-order chi connectivity index (χ1) is 12.3. The number of para-hydroxylation sites is 1. The van der Waals surface area contributed by atoms with Crippen molar-refractivity contribution in [2.45, 2.75) is 18.9 Å². The van der Waals surface area contributed by atoms with Crippen molar-refractivity contribution < 1.29 is 14.6 Å². The van der Waals surface area contributed by atoms with E-state index in [0.717, 1.165) is 23.3 Å². The molecule has 3 heteroatoms. The largest absolute Gasteiger partial charge is 0.508 e. The number of hydrogen-bond donors (Lipinski definition) is 1. The molecule has 126 valence electrons. The van der Waals surface area contributed by atoms with E-state index in [1.807, 2.05) is 30.3 Å². The minimum Gasteiger partial charge on any atom is -0.508 e. The van der Waals surface area contributed by atoms with Crippen LogP contribution in [0.25, 0.3) is 11.1 Å². The third-order valence-corrected chi connectivity index (χ3v) is 4.74. The number of fused-ring (bicyclic) bond motifs is 3. The van der Waals surface area contributed by atoms with Crippen LogP contribution in [0.2, 0.25) is 0 Å². The van der Waals surface area contributed by atoms with Crippen LogP contribution >= 0.6 is 0 Å². The highest BCUT2D eigenvalue weighted by molar-refractivity contribution is 5.75. The fourth-order valence-corrected chi connectivity index (χ4v) is 3.52. The first kappa shape index (κ1) is 15.6. The monoisotopic (exact) mass is 332 g/mol. The van der Waals surface area contributed by atoms with Gasteiger partial charge in [-0.1, -0.05) is 48.5 Å². The molecule has 0 radical (unpaired) electrons. The minimum atomic E-state index is -0.0459. The van der Waals surface area contributed by atoms with Gasteiger partial charge in [-0.15, -0.1) is 0 Å². The van der Waals surface area contributed by atoms with Gasteiger partial charge in [-0.25, -0.2) is 0 Å². The predicted octanol–water partition coefficient (Wildman–Crippen LogP) is 5.13. The molecule has 1 N–H and O–H groups in total. The standard InChI is InChI=1S/C22H20O3/c1-24-20-12-6-10-19(23)18(20)13-14-22-17-8-3-2-7-15(17)16-9-4-5-11-21(16)25-22/h2-12,22-23H,13-14H2,1H3. The lowest BCUT2D eigenvalue weighted by molar-refractivity contribution is 0.191. The van der Waals surface area contributed by atoms with Gasteiger partial charge in [0.25, 0.3) is 0 Å². The third-order valence-electron chi connectivity index (χ3n) is 4.74. The summed E-state index contributed by atoms with van der Waals surface area (Å²) in [5.74, 6) is 1.89. The van der Waals surface area contributed by atoms with Crippen molar-refractivity contribution in [3.05, 3.63) is 77.9 Å². The van der Waals surface area contributed by atoms with Gasteiger partial charge >= 0.3 is 0 Å². The molecule has 0 aromatic heterocycles. The van der Waals surface area contributed by atoms with Crippen molar-refractivity contribution in [2.24, 2.45) is 0 Å². The summed E-state index contributed by atoms with van der Waals surface area (Å²) in [6.07, 6.45) is 1.39. The van der Waals surface area contributed by atoms with E-state index in [4.69, 9.17) is 9.47 Å². The maximum atomic E-state index is 10.2. The van der Waals surface area contributed by atoms with Crippen molar-refractivity contribution in [1.29, 1.82) is 0 Å². The molecule has 1 unspecified atom stereocenters. The highest BCUT2D eigenvalue weighted by atomic mass is 16.5. The highest BCUT2D eigenvalue weighted by Crippen LogP contribution is 2.44. The summed E-state index contributed by atoms with van der Waals surface area (Å²) in [6.45, 7) is 0. The van der Waals surface area contributed by atoms with Gasteiger partial charge in [0.05, 0.1) is 7.11 Å². The van der Waals surface area contributed by atoms with Crippen LogP contribution in [0.1, 0.15) is 23.7 Å². The van der Waals surface area contributed by atoms with E-state index in [1.54, 1.807) is 19.2 Å². The van der Waals surface area contributed by atoms with E-state index in [9.17, 15) is 5.11 Å². The fraction of sp³-hybridized carbons (Fsp3) is 0.182. The smallest absolute Gasteiger partial charge is 0.128 e. The Morgan fingerprint density at radius 1 is 0.920 bits per heavy atom. The molecule has 0 saturated carbocycles. The number of methoxy groups -OCH3 is 1. The fourth-order valence-electron chi connectivity index (χ4n) is 3.52. The first-order valence-corrected chi connectivity index (χ1v) is 8.47. The molecule has 0 spiro atoms. The van der Waals surface area contributed by atoms with E-state index in [2.05, 4.69) is 24.3 Å². The molecule has 1 aliphatic heterocycles. The van der Waals surface area contributed by atoms with Crippen LogP contribution in [0.4, 0.5) is 0 Å². The Morgan fingerprint density at radius 3 is 2.52 bits per heavy atom. The molecule has 1 atom stereocenters. The number of aromatic hydroxyl groups is 1. The van der Waals surface area contributed by atoms with Crippen molar-refractivity contribution in [2.75, 3.05) is 7.11 Å². The first-order valence-electron chi connectivity index (χ1n) is 8.47. The number of phenolic OH excluding ortho intramolecular Hbond substituents is 1. The van der Waals surface area contributed by atoms with E-state index >= 15 is 0 Å². The summed E-state index contributed by atoms with van der Waals surface area (Å²) in [5, 5.41) is 10.2. The molecule has 3 aromatic carbocycles. The minimum absolute atomic E-state index is 0.0459. The van der Waals surface area contributed by atoms with Gasteiger partial charge in [-0.2, -0.15) is 0 Å². The average molecular weight is 332 g/mol. The molecule has 3 aromatic rings. The van der Waals surface area contributed by atoms with Crippen molar-refractivity contribution in [3.8, 4) is 28.4 Å². The number of phenols is 1. The van der Waals surface area contributed by atoms with Crippen molar-refractivity contribution in [1.82, 2.24) is 0 Å². The molecular formula is C22H20O3. The Hall–Kier alpha value is -2.94. The quantitative estimate of drug-likeness (QED) is 0.719. The molecule has 25 heavy (non-hydrogen) atoms. The Morgan fingerprint density at radius 2 is 1.68 bits per heavy atom. The summed E-state index contributed by atoms with van der Waals surface area (Å²) >= 11 is 0. The number of benzene rings is 3. The van der Waals surface area contributed by atoms with Gasteiger partial charge in [-0.05, 0) is 36.6 Å². The second-order valence-corrected chi connectivity index (χ2v) is 6.19. The second kappa shape index (κ2) is 6.52. The predicted molar refractivity (Wildman–Crippen MR) is 98.2 cm³/mol. The van der Waals surface area contributed by atoms with Crippen LogP contribution in [0, 0.1) is 0 Å². The van der Waals surface area contributed by atoms with Crippen LogP contribution in [-0.2, 0) is 6.42 Å². The van der Waals surface area contributed by atoms with Gasteiger partial charge in [0.1, 0.15) is 23.4 Å². The van der Waals surface area contributed by atoms with E-state index < -0.39 is 0 Å². The molecule has 1 aliphatic rings. The van der Waals surface area contributed by atoms with Gasteiger partial charge < -0.3 is 14.6 Å². The molecule has 0 aliphatic carbocycles. The van der Waals surface area contributed by atoms with Crippen LogP contribution in [0.3, 0.4) is 0 Å². The zero-order chi connectivity index (χ0) is 17.2. The van der Waals surface area contributed by atoms with Gasteiger partial charge in [0, 0.05) is 16.7 Å². The van der Waals surface area contributed by atoms with Gasteiger partial charge in [0.15, 0.2) is 0 Å². The molecular weight excluding hydrogens is 312 g/mol. The zero-order valence-electron chi connectivity index (χ0n) is 14.1. The lowest BCUT2D eigenvalue weighted by Crippen LogP contribution is -2.15. The Labute approximate surface area is 147 Å². The van der Waals surface area contributed by atoms with Gasteiger partial charge in [-0.3, -0.25) is 0 Å². The summed E-state index contributed by atoms with van der Waals surface area (Å²) in [6, 6.07) is 21.9. The molecule has 0 saturated heterocycles. The third kappa shape index (κ3) is 2.82. The average Bonchev–Trinajstić information content (AvgIpc) is 2.66. The molecule has 4 rings (SSSR count). The maximum Gasteiger partial charge on any atom is 0.128 e. The van der Waals surface area contributed by atoms with Gasteiger partial charge in [0.2, 0.25) is 0 Å². The molecule has 0 fully saturated rings. The second-order valence-electron chi connectivity index (χ2n) is 6.19. The topological polar surface area (TPSA) is 38.7 Å². The van der Waals surface area contributed by atoms with E-state index in [0.29, 0.717) is 12.2 Å². The van der Waals surface area contributed by atoms with Crippen molar-refractivity contribution >= 4 is 0 Å². The summed E-state index contributed by atoms with van der Waals surface area (Å²) in [7, 11) is 1.63. The SMILES string of the molecule is COc1cccc(O)c1CCC1Oc2ccccc2-c2ccccc21.